The lowest BCUT2D eigenvalue weighted by atomic mass is 9.70. The summed E-state index contributed by atoms with van der Waals surface area (Å²) in [5.41, 5.74) is -2.26. The van der Waals surface area contributed by atoms with Crippen molar-refractivity contribution in [3.05, 3.63) is 18.3 Å². The first kappa shape index (κ1) is 30.1. The number of nitrogens with one attached hydrogen (secondary N) is 2. The molecule has 1 spiro atoms. The van der Waals surface area contributed by atoms with E-state index in [1.54, 1.807) is 19.1 Å². The molecule has 5 aliphatic rings. The van der Waals surface area contributed by atoms with Gasteiger partial charge in [-0.15, -0.1) is 0 Å². The predicted octanol–water partition coefficient (Wildman–Crippen LogP) is 2.79. The van der Waals surface area contributed by atoms with Crippen molar-refractivity contribution in [1.29, 1.82) is 5.26 Å². The molecule has 1 aromatic heterocycles. The summed E-state index contributed by atoms with van der Waals surface area (Å²) in [6.45, 7) is 7.20. The Balaban J connectivity index is 1.32. The summed E-state index contributed by atoms with van der Waals surface area (Å²) >= 11 is 0. The number of nitriles is 1. The van der Waals surface area contributed by atoms with Crippen molar-refractivity contribution in [2.45, 2.75) is 95.8 Å². The van der Waals surface area contributed by atoms with E-state index in [9.17, 15) is 24.4 Å². The van der Waals surface area contributed by atoms with Gasteiger partial charge in [-0.1, -0.05) is 27.7 Å². The normalized spacial score (nSPS) is 33.4. The fourth-order valence-corrected chi connectivity index (χ4v) is 7.33. The van der Waals surface area contributed by atoms with Crippen LogP contribution in [0.25, 0.3) is 0 Å². The van der Waals surface area contributed by atoms with Gasteiger partial charge >= 0.3 is 6.09 Å². The van der Waals surface area contributed by atoms with Crippen molar-refractivity contribution in [3.63, 3.8) is 0 Å². The summed E-state index contributed by atoms with van der Waals surface area (Å²) in [5, 5.41) is 15.6. The Kier molecular flexibility index (Phi) is 7.45. The number of amides is 4. The number of alkyl carbamates (subject to hydrolysis) is 1. The highest BCUT2D eigenvalue weighted by Crippen LogP contribution is 2.47. The molecule has 0 radical (unpaired) electrons. The number of alkyl halides is 1. The molecule has 0 unspecified atom stereocenters. The first-order valence-electron chi connectivity index (χ1n) is 15.4. The molecule has 3 aliphatic heterocycles. The fourth-order valence-electron chi connectivity index (χ4n) is 7.33. The van der Waals surface area contributed by atoms with E-state index in [1.807, 2.05) is 20.8 Å². The molecule has 8 atom stereocenters. The predicted molar refractivity (Wildman–Crippen MR) is 154 cm³/mol. The van der Waals surface area contributed by atoms with E-state index in [1.165, 1.54) is 16.0 Å². The summed E-state index contributed by atoms with van der Waals surface area (Å²) in [7, 11) is 0. The Labute approximate surface area is 255 Å². The van der Waals surface area contributed by atoms with Crippen LogP contribution in [0.15, 0.2) is 18.3 Å². The zero-order valence-electron chi connectivity index (χ0n) is 25.4. The molecule has 6 rings (SSSR count). The molecule has 44 heavy (non-hydrogen) atoms. The molecule has 2 N–H and O–H groups in total. The van der Waals surface area contributed by atoms with Gasteiger partial charge in [-0.05, 0) is 61.0 Å². The maximum atomic E-state index is 15.2. The van der Waals surface area contributed by atoms with E-state index in [4.69, 9.17) is 9.47 Å². The standard InChI is InChI=1S/C31H39FN6O6/c1-16-20(32)10-7-17-14-37(27(40)24(30(2,3)4)35-29(42)43-19-8-9-19)23(22(16)17)26(39)38-15-31(12-18(38)13-33)28(41)36-25-21(44-31)6-5-11-34-25/h5-6,11,16-20,22-24H,7-10,12,14-15H2,1-4H3,(H,35,42)(H,34,36,41)/t16-,17+,18+,20-,22+,23+,24-,31-/m1/s1. The number of nitrogens with zero attached hydrogens (tertiary/aromatic N) is 4. The molecular formula is C31H39FN6O6. The molecule has 4 amide bonds. The van der Waals surface area contributed by atoms with Crippen LogP contribution in [0.4, 0.5) is 15.0 Å². The van der Waals surface area contributed by atoms with E-state index in [2.05, 4.69) is 21.7 Å². The second-order valence-electron chi connectivity index (χ2n) is 14.0. The number of carbonyl (C=O) groups is 4. The number of anilines is 1. The Morgan fingerprint density at radius 3 is 2.68 bits per heavy atom. The monoisotopic (exact) mass is 610 g/mol. The van der Waals surface area contributed by atoms with Gasteiger partial charge < -0.3 is 29.9 Å². The van der Waals surface area contributed by atoms with Gasteiger partial charge in [0, 0.05) is 19.2 Å². The van der Waals surface area contributed by atoms with Crippen LogP contribution < -0.4 is 15.4 Å². The summed E-state index contributed by atoms with van der Waals surface area (Å²) in [6.07, 6.45) is 1.80. The van der Waals surface area contributed by atoms with Crippen LogP contribution in [0.5, 0.6) is 5.75 Å². The van der Waals surface area contributed by atoms with Crippen LogP contribution in [0.2, 0.25) is 0 Å². The third kappa shape index (κ3) is 5.22. The lowest BCUT2D eigenvalue weighted by Gasteiger charge is -2.40. The molecule has 13 heteroatoms. The van der Waals surface area contributed by atoms with Crippen LogP contribution in [0, 0.1) is 34.5 Å². The van der Waals surface area contributed by atoms with Gasteiger partial charge in [-0.3, -0.25) is 14.4 Å². The van der Waals surface area contributed by atoms with E-state index < -0.39 is 71.0 Å². The lowest BCUT2D eigenvalue weighted by molar-refractivity contribution is -0.149. The molecule has 4 fully saturated rings. The zero-order chi connectivity index (χ0) is 31.6. The van der Waals surface area contributed by atoms with E-state index in [0.29, 0.717) is 18.6 Å². The molecule has 4 heterocycles. The van der Waals surface area contributed by atoms with Gasteiger partial charge in [0.1, 0.15) is 30.4 Å². The Bertz CT molecular complexity index is 1410. The van der Waals surface area contributed by atoms with Gasteiger partial charge in [0.15, 0.2) is 11.6 Å². The van der Waals surface area contributed by atoms with Gasteiger partial charge in [0.2, 0.25) is 17.4 Å². The first-order valence-corrected chi connectivity index (χ1v) is 15.4. The summed E-state index contributed by atoms with van der Waals surface area (Å²) in [5.74, 6) is -2.10. The molecule has 2 saturated heterocycles. The number of halogens is 1. The number of rotatable bonds is 4. The van der Waals surface area contributed by atoms with Crippen molar-refractivity contribution in [1.82, 2.24) is 20.1 Å². The van der Waals surface area contributed by atoms with Crippen LogP contribution in [0.1, 0.15) is 59.8 Å². The first-order chi connectivity index (χ1) is 20.8. The van der Waals surface area contributed by atoms with E-state index in [0.717, 1.165) is 12.8 Å². The highest BCUT2D eigenvalue weighted by atomic mass is 19.1. The third-order valence-corrected chi connectivity index (χ3v) is 9.86. The Morgan fingerprint density at radius 1 is 1.25 bits per heavy atom. The van der Waals surface area contributed by atoms with Crippen molar-refractivity contribution in [2.75, 3.05) is 18.4 Å². The fraction of sp³-hybridized carbons (Fsp3) is 0.677. The minimum atomic E-state index is -1.53. The number of hydrogen-bond donors (Lipinski definition) is 2. The number of ether oxygens (including phenoxy) is 2. The quantitative estimate of drug-likeness (QED) is 0.528. The topological polar surface area (TPSA) is 154 Å². The molecule has 12 nitrogen and oxygen atoms in total. The van der Waals surface area contributed by atoms with Crippen LogP contribution in [-0.2, 0) is 19.1 Å². The van der Waals surface area contributed by atoms with Crippen molar-refractivity contribution in [2.24, 2.45) is 23.2 Å². The highest BCUT2D eigenvalue weighted by Gasteiger charge is 2.60. The summed E-state index contributed by atoms with van der Waals surface area (Å²) in [4.78, 5) is 61.9. The second kappa shape index (κ2) is 10.9. The molecule has 1 aromatic rings. The number of pyridine rings is 1. The number of hydrogen-bond acceptors (Lipinski definition) is 8. The Morgan fingerprint density at radius 2 is 2.00 bits per heavy atom. The molecule has 2 saturated carbocycles. The van der Waals surface area contributed by atoms with Gasteiger partial charge in [-0.25, -0.2) is 14.2 Å². The van der Waals surface area contributed by atoms with Crippen LogP contribution in [0.3, 0.4) is 0 Å². The highest BCUT2D eigenvalue weighted by molar-refractivity contribution is 6.01. The SMILES string of the molecule is C[C@H]1[C@H]2[C@@H](CC[C@H]1F)CN(C(=O)[C@@H](NC(=O)OC1CC1)C(C)(C)C)[C@@H]2C(=O)N1C[C@@]2(C[C@H]1C#N)Oc1cccnc1NC2=O. The molecule has 236 valence electrons. The van der Waals surface area contributed by atoms with Crippen molar-refractivity contribution >= 4 is 29.6 Å². The van der Waals surface area contributed by atoms with Crippen LogP contribution in [-0.4, -0.2) is 87.7 Å². The van der Waals surface area contributed by atoms with Crippen molar-refractivity contribution < 1.29 is 33.0 Å². The van der Waals surface area contributed by atoms with Gasteiger partial charge in [0.05, 0.1) is 12.6 Å². The smallest absolute Gasteiger partial charge is 0.408 e. The molecule has 0 aromatic carbocycles. The average Bonchev–Trinajstić information content (AvgIpc) is 3.57. The van der Waals surface area contributed by atoms with E-state index >= 15 is 4.39 Å². The lowest BCUT2D eigenvalue weighted by Crippen LogP contribution is -2.60. The number of carbonyl (C=O) groups excluding carboxylic acids is 4. The van der Waals surface area contributed by atoms with Crippen molar-refractivity contribution in [3.8, 4) is 11.8 Å². The second-order valence-corrected chi connectivity index (χ2v) is 14.0. The largest absolute Gasteiger partial charge is 0.472 e. The van der Waals surface area contributed by atoms with Gasteiger partial charge in [-0.2, -0.15) is 5.26 Å². The zero-order valence-corrected chi connectivity index (χ0v) is 25.4. The summed E-state index contributed by atoms with van der Waals surface area (Å²) < 4.78 is 26.7. The van der Waals surface area contributed by atoms with Gasteiger partial charge in [0.25, 0.3) is 5.91 Å². The minimum Gasteiger partial charge on any atom is -0.472 e. The maximum Gasteiger partial charge on any atom is 0.408 e. The molecule has 2 aliphatic carbocycles. The minimum absolute atomic E-state index is 0.0787. The number of fused-ring (bicyclic) bond motifs is 2. The molecular weight excluding hydrogens is 571 g/mol. The van der Waals surface area contributed by atoms with Crippen LogP contribution >= 0.6 is 0 Å². The summed E-state index contributed by atoms with van der Waals surface area (Å²) in [6, 6.07) is 2.33. The Hall–Kier alpha value is -3.95. The average molecular weight is 611 g/mol. The number of aromatic nitrogens is 1. The number of likely N-dealkylation sites (tertiary alicyclic amines) is 2. The third-order valence-electron chi connectivity index (χ3n) is 9.86. The maximum absolute atomic E-state index is 15.2. The van der Waals surface area contributed by atoms with E-state index in [-0.39, 0.29) is 37.4 Å². The molecule has 0 bridgehead atoms.